The molecule has 0 fully saturated rings. The van der Waals surface area contributed by atoms with Crippen molar-refractivity contribution in [3.05, 3.63) is 76.0 Å². The Labute approximate surface area is 175 Å². The summed E-state index contributed by atoms with van der Waals surface area (Å²) in [6, 6.07) is 13.2. The van der Waals surface area contributed by atoms with Crippen molar-refractivity contribution in [3.63, 3.8) is 0 Å². The monoisotopic (exact) mass is 435 g/mol. The summed E-state index contributed by atoms with van der Waals surface area (Å²) in [6.07, 6.45) is -2.72. The highest BCUT2D eigenvalue weighted by atomic mass is 32.1. The summed E-state index contributed by atoms with van der Waals surface area (Å²) in [4.78, 5) is 11.9. The Morgan fingerprint density at radius 3 is 2.67 bits per heavy atom. The van der Waals surface area contributed by atoms with Gasteiger partial charge in [-0.15, -0.1) is 11.3 Å². The number of rotatable bonds is 7. The van der Waals surface area contributed by atoms with Gasteiger partial charge in [-0.1, -0.05) is 18.2 Å². The lowest BCUT2D eigenvalue weighted by Gasteiger charge is -2.12. The molecule has 2 heterocycles. The second-order valence-corrected chi connectivity index (χ2v) is 7.10. The van der Waals surface area contributed by atoms with Gasteiger partial charge < -0.3 is 15.4 Å². The maximum atomic E-state index is 12.6. The summed E-state index contributed by atoms with van der Waals surface area (Å²) in [5, 5.41) is 7.41. The Kier molecular flexibility index (Phi) is 7.23. The number of nitrogens with zero attached hydrogens (tertiary/aromatic N) is 3. The molecule has 10 heteroatoms. The van der Waals surface area contributed by atoms with Gasteiger partial charge in [0.15, 0.2) is 11.7 Å². The second-order valence-electron chi connectivity index (χ2n) is 6.16. The molecule has 0 aliphatic carbocycles. The number of alkyl halides is 3. The lowest BCUT2D eigenvalue weighted by Crippen LogP contribution is -2.36. The van der Waals surface area contributed by atoms with E-state index in [0.29, 0.717) is 29.9 Å². The minimum Gasteiger partial charge on any atom is -0.487 e. The van der Waals surface area contributed by atoms with Crippen molar-refractivity contribution in [2.24, 2.45) is 4.99 Å². The van der Waals surface area contributed by atoms with Gasteiger partial charge in [-0.3, -0.25) is 9.98 Å². The van der Waals surface area contributed by atoms with Crippen molar-refractivity contribution in [1.29, 1.82) is 0 Å². The van der Waals surface area contributed by atoms with Gasteiger partial charge in [-0.05, 0) is 29.8 Å². The number of benzene rings is 1. The fourth-order valence-electron chi connectivity index (χ4n) is 2.47. The van der Waals surface area contributed by atoms with Crippen molar-refractivity contribution >= 4 is 17.3 Å². The topological polar surface area (TPSA) is 71.4 Å². The maximum Gasteiger partial charge on any atom is 0.434 e. The minimum absolute atomic E-state index is 0.146. The van der Waals surface area contributed by atoms with Crippen LogP contribution in [0.1, 0.15) is 22.0 Å². The van der Waals surface area contributed by atoms with E-state index in [1.54, 1.807) is 13.2 Å². The number of guanidine groups is 1. The molecule has 0 aliphatic rings. The first-order valence-electron chi connectivity index (χ1n) is 9.02. The number of nitrogens with one attached hydrogen (secondary N) is 2. The average molecular weight is 435 g/mol. The molecule has 0 saturated heterocycles. The Morgan fingerprint density at radius 2 is 1.97 bits per heavy atom. The molecule has 30 heavy (non-hydrogen) atoms. The predicted molar refractivity (Wildman–Crippen MR) is 109 cm³/mol. The molecule has 2 aromatic heterocycles. The van der Waals surface area contributed by atoms with E-state index >= 15 is 0 Å². The summed E-state index contributed by atoms with van der Waals surface area (Å²) < 4.78 is 43.7. The van der Waals surface area contributed by atoms with E-state index in [1.165, 1.54) is 0 Å². The molecule has 0 bridgehead atoms. The third-order valence-electron chi connectivity index (χ3n) is 3.94. The molecule has 0 aliphatic heterocycles. The highest BCUT2D eigenvalue weighted by molar-refractivity contribution is 7.09. The molecule has 158 valence electrons. The fourth-order valence-corrected chi connectivity index (χ4v) is 3.21. The maximum absolute atomic E-state index is 12.6. The Hall–Kier alpha value is -3.14. The van der Waals surface area contributed by atoms with Crippen molar-refractivity contribution < 1.29 is 17.9 Å². The molecular weight excluding hydrogens is 415 g/mol. The predicted octanol–water partition coefficient (Wildman–Crippen LogP) is 4.00. The highest BCUT2D eigenvalue weighted by Gasteiger charge is 2.33. The van der Waals surface area contributed by atoms with Gasteiger partial charge in [0.2, 0.25) is 0 Å². The summed E-state index contributed by atoms with van der Waals surface area (Å²) in [6.45, 7) is 0.981. The first kappa shape index (κ1) is 21.6. The van der Waals surface area contributed by atoms with Gasteiger partial charge in [0.05, 0.1) is 12.2 Å². The van der Waals surface area contributed by atoms with Gasteiger partial charge in [0, 0.05) is 25.2 Å². The molecule has 3 aromatic rings. The van der Waals surface area contributed by atoms with Crippen molar-refractivity contribution in [1.82, 2.24) is 20.6 Å². The van der Waals surface area contributed by atoms with Crippen LogP contribution in [0.4, 0.5) is 13.2 Å². The van der Waals surface area contributed by atoms with Crippen LogP contribution in [0.15, 0.2) is 59.0 Å². The van der Waals surface area contributed by atoms with Crippen molar-refractivity contribution in [2.45, 2.75) is 25.9 Å². The summed E-state index contributed by atoms with van der Waals surface area (Å²) in [7, 11) is 1.59. The molecule has 0 radical (unpaired) electrons. The van der Waals surface area contributed by atoms with Gasteiger partial charge in [0.25, 0.3) is 0 Å². The zero-order valence-electron chi connectivity index (χ0n) is 16.1. The van der Waals surface area contributed by atoms with E-state index in [9.17, 15) is 13.2 Å². The van der Waals surface area contributed by atoms with Crippen LogP contribution < -0.4 is 15.4 Å². The van der Waals surface area contributed by atoms with Crippen LogP contribution in [0.5, 0.6) is 5.75 Å². The number of aliphatic imine (C=N–C) groups is 1. The van der Waals surface area contributed by atoms with Crippen LogP contribution in [0.25, 0.3) is 0 Å². The second kappa shape index (κ2) is 10.1. The van der Waals surface area contributed by atoms with E-state index in [0.717, 1.165) is 28.0 Å². The Bertz CT molecular complexity index is 976. The largest absolute Gasteiger partial charge is 0.487 e. The number of hydrogen-bond acceptors (Lipinski definition) is 5. The van der Waals surface area contributed by atoms with Gasteiger partial charge in [-0.25, -0.2) is 4.98 Å². The standard InChI is InChI=1S/C20H20F3N5OS/c1-24-19(27-11-18-28-17(13-30-18)20(21,22)23)26-10-14-5-4-7-16(9-14)29-12-15-6-2-3-8-25-15/h2-9,13H,10-12H2,1H3,(H2,24,26,27). The quantitative estimate of drug-likeness (QED) is 0.434. The van der Waals surface area contributed by atoms with E-state index in [-0.39, 0.29) is 6.54 Å². The smallest absolute Gasteiger partial charge is 0.434 e. The molecule has 0 spiro atoms. The van der Waals surface area contributed by atoms with Crippen molar-refractivity contribution in [3.8, 4) is 5.75 Å². The molecule has 6 nitrogen and oxygen atoms in total. The number of hydrogen-bond donors (Lipinski definition) is 2. The highest BCUT2D eigenvalue weighted by Crippen LogP contribution is 2.29. The first-order valence-corrected chi connectivity index (χ1v) is 9.90. The van der Waals surface area contributed by atoms with E-state index < -0.39 is 11.9 Å². The summed E-state index contributed by atoms with van der Waals surface area (Å²) in [5.74, 6) is 1.17. The SMILES string of the molecule is CN=C(NCc1cccc(OCc2ccccn2)c1)NCc1nc(C(F)(F)F)cs1. The fraction of sp³-hybridized carbons (Fsp3) is 0.250. The lowest BCUT2D eigenvalue weighted by molar-refractivity contribution is -0.140. The van der Waals surface area contributed by atoms with Crippen LogP contribution in [-0.4, -0.2) is 23.0 Å². The minimum atomic E-state index is -4.43. The Balaban J connectivity index is 1.49. The van der Waals surface area contributed by atoms with Crippen molar-refractivity contribution in [2.75, 3.05) is 7.05 Å². The zero-order valence-corrected chi connectivity index (χ0v) is 16.9. The normalized spacial score (nSPS) is 11.9. The molecule has 2 N–H and O–H groups in total. The van der Waals surface area contributed by atoms with E-state index in [4.69, 9.17) is 4.74 Å². The Morgan fingerprint density at radius 1 is 1.13 bits per heavy atom. The van der Waals surface area contributed by atoms with E-state index in [1.807, 2.05) is 42.5 Å². The molecule has 0 unspecified atom stereocenters. The number of thiazole rings is 1. The molecule has 1 aromatic carbocycles. The number of halogens is 3. The van der Waals surface area contributed by atoms with Crippen LogP contribution in [0.3, 0.4) is 0 Å². The molecule has 0 saturated carbocycles. The van der Waals surface area contributed by atoms with Gasteiger partial charge in [-0.2, -0.15) is 13.2 Å². The average Bonchev–Trinajstić information content (AvgIpc) is 3.23. The molecule has 0 amide bonds. The first-order chi connectivity index (χ1) is 14.4. The van der Waals surface area contributed by atoms with Crippen LogP contribution in [-0.2, 0) is 25.9 Å². The number of ether oxygens (including phenoxy) is 1. The molecular formula is C20H20F3N5OS. The number of pyridine rings is 1. The molecule has 3 rings (SSSR count). The third-order valence-corrected chi connectivity index (χ3v) is 4.79. The van der Waals surface area contributed by atoms with Crippen LogP contribution in [0.2, 0.25) is 0 Å². The van der Waals surface area contributed by atoms with Crippen LogP contribution in [0, 0.1) is 0 Å². The molecule has 0 atom stereocenters. The van der Waals surface area contributed by atoms with Gasteiger partial charge >= 0.3 is 6.18 Å². The van der Waals surface area contributed by atoms with E-state index in [2.05, 4.69) is 25.6 Å². The summed E-state index contributed by atoms with van der Waals surface area (Å²) in [5.41, 5.74) is 0.918. The zero-order chi connectivity index (χ0) is 21.4. The number of aromatic nitrogens is 2. The van der Waals surface area contributed by atoms with Gasteiger partial charge in [0.1, 0.15) is 17.4 Å². The third kappa shape index (κ3) is 6.45. The van der Waals surface area contributed by atoms with Crippen LogP contribution >= 0.6 is 11.3 Å². The summed E-state index contributed by atoms with van der Waals surface area (Å²) >= 11 is 0.951. The lowest BCUT2D eigenvalue weighted by atomic mass is 10.2.